The molecule has 0 radical (unpaired) electrons. The van der Waals surface area contributed by atoms with Crippen LogP contribution in [0.2, 0.25) is 0 Å². The van der Waals surface area contributed by atoms with Gasteiger partial charge in [0.05, 0.1) is 18.9 Å². The summed E-state index contributed by atoms with van der Waals surface area (Å²) in [4.78, 5) is 25.4. The zero-order valence-corrected chi connectivity index (χ0v) is 21.3. The maximum atomic E-state index is 12.9. The summed E-state index contributed by atoms with van der Waals surface area (Å²) >= 11 is 1.29. The van der Waals surface area contributed by atoms with Gasteiger partial charge in [0.15, 0.2) is 11.0 Å². The van der Waals surface area contributed by atoms with Crippen LogP contribution in [-0.2, 0) is 11.3 Å². The van der Waals surface area contributed by atoms with Crippen LogP contribution in [0.25, 0.3) is 0 Å². The van der Waals surface area contributed by atoms with Gasteiger partial charge in [-0.05, 0) is 54.8 Å². The predicted octanol–water partition coefficient (Wildman–Crippen LogP) is 4.64. The number of hydrogen-bond acceptors (Lipinski definition) is 6. The van der Waals surface area contributed by atoms with E-state index in [-0.39, 0.29) is 29.5 Å². The standard InChI is InChI=1S/C26H31N5O3S/c1-6-14-31-24(23(17(2)3)28-25(33)19-10-12-21(34-5)13-11-19)29-30-26(31)35-16-22(32)27-20-9-7-8-18(4)15-20/h6-13,15,17,23H,1,14,16H2,2-5H3,(H,27,32)(H,28,33)/t23-/m0/s1. The third-order valence-corrected chi connectivity index (χ3v) is 6.24. The van der Waals surface area contributed by atoms with E-state index in [9.17, 15) is 9.59 Å². The summed E-state index contributed by atoms with van der Waals surface area (Å²) in [5.74, 6) is 1.17. The van der Waals surface area contributed by atoms with Gasteiger partial charge in [-0.1, -0.05) is 43.8 Å². The van der Waals surface area contributed by atoms with Crippen LogP contribution >= 0.6 is 11.8 Å². The SMILES string of the molecule is C=CCn1c(SCC(=O)Nc2cccc(C)c2)nnc1[C@@H](NC(=O)c1ccc(OC)cc1)C(C)C. The Morgan fingerprint density at radius 2 is 1.91 bits per heavy atom. The first-order valence-electron chi connectivity index (χ1n) is 11.3. The highest BCUT2D eigenvalue weighted by atomic mass is 32.2. The van der Waals surface area contributed by atoms with Gasteiger partial charge in [0.1, 0.15) is 5.75 Å². The molecule has 0 unspecified atom stereocenters. The van der Waals surface area contributed by atoms with Gasteiger partial charge in [0.2, 0.25) is 5.91 Å². The summed E-state index contributed by atoms with van der Waals surface area (Å²) in [5.41, 5.74) is 2.35. The zero-order valence-electron chi connectivity index (χ0n) is 20.4. The molecule has 9 heteroatoms. The molecule has 0 spiro atoms. The highest BCUT2D eigenvalue weighted by Gasteiger charge is 2.26. The van der Waals surface area contributed by atoms with Gasteiger partial charge in [-0.15, -0.1) is 16.8 Å². The summed E-state index contributed by atoms with van der Waals surface area (Å²) in [6.07, 6.45) is 1.74. The second-order valence-electron chi connectivity index (χ2n) is 8.37. The zero-order chi connectivity index (χ0) is 25.4. The highest BCUT2D eigenvalue weighted by molar-refractivity contribution is 7.99. The number of benzene rings is 2. The molecular formula is C26H31N5O3S. The molecule has 8 nitrogen and oxygen atoms in total. The maximum absolute atomic E-state index is 12.9. The summed E-state index contributed by atoms with van der Waals surface area (Å²) < 4.78 is 7.05. The lowest BCUT2D eigenvalue weighted by Crippen LogP contribution is -2.33. The molecule has 1 heterocycles. The lowest BCUT2D eigenvalue weighted by molar-refractivity contribution is -0.113. The molecule has 2 N–H and O–H groups in total. The van der Waals surface area contributed by atoms with E-state index in [1.54, 1.807) is 37.5 Å². The van der Waals surface area contributed by atoms with Crippen molar-refractivity contribution in [1.82, 2.24) is 20.1 Å². The highest BCUT2D eigenvalue weighted by Crippen LogP contribution is 2.26. The Bertz CT molecular complexity index is 1170. The molecule has 2 aromatic carbocycles. The van der Waals surface area contributed by atoms with Crippen molar-refractivity contribution in [3.8, 4) is 5.75 Å². The Morgan fingerprint density at radius 3 is 2.54 bits per heavy atom. The number of ether oxygens (including phenoxy) is 1. The number of rotatable bonds is 11. The van der Waals surface area contributed by atoms with Crippen molar-refractivity contribution in [3.05, 3.63) is 78.1 Å². The van der Waals surface area contributed by atoms with E-state index in [0.29, 0.717) is 28.8 Å². The van der Waals surface area contributed by atoms with E-state index >= 15 is 0 Å². The first-order chi connectivity index (χ1) is 16.8. The number of allylic oxidation sites excluding steroid dienone is 1. The largest absolute Gasteiger partial charge is 0.497 e. The molecule has 0 bridgehead atoms. The van der Waals surface area contributed by atoms with E-state index in [1.807, 2.05) is 49.6 Å². The number of anilines is 1. The van der Waals surface area contributed by atoms with E-state index in [4.69, 9.17) is 4.74 Å². The quantitative estimate of drug-likeness (QED) is 0.298. The van der Waals surface area contributed by atoms with Crippen molar-refractivity contribution in [2.45, 2.75) is 38.5 Å². The maximum Gasteiger partial charge on any atom is 0.251 e. The second kappa shape index (κ2) is 12.2. The van der Waals surface area contributed by atoms with Crippen LogP contribution in [0.3, 0.4) is 0 Å². The van der Waals surface area contributed by atoms with Gasteiger partial charge >= 0.3 is 0 Å². The lowest BCUT2D eigenvalue weighted by atomic mass is 10.0. The molecule has 0 aliphatic carbocycles. The lowest BCUT2D eigenvalue weighted by Gasteiger charge is -2.22. The third-order valence-electron chi connectivity index (χ3n) is 5.27. The van der Waals surface area contributed by atoms with Crippen molar-refractivity contribution in [3.63, 3.8) is 0 Å². The molecule has 0 saturated heterocycles. The third kappa shape index (κ3) is 6.95. The fraction of sp³-hybridized carbons (Fsp3) is 0.308. The molecule has 35 heavy (non-hydrogen) atoms. The van der Waals surface area contributed by atoms with Crippen molar-refractivity contribution in [2.75, 3.05) is 18.2 Å². The number of nitrogens with zero attached hydrogens (tertiary/aromatic N) is 3. The number of aromatic nitrogens is 3. The first kappa shape index (κ1) is 26.0. The summed E-state index contributed by atoms with van der Waals surface area (Å²) in [6, 6.07) is 14.2. The molecule has 0 fully saturated rings. The van der Waals surface area contributed by atoms with Crippen LogP contribution in [0.4, 0.5) is 5.69 Å². The number of nitrogens with one attached hydrogen (secondary N) is 2. The van der Waals surface area contributed by atoms with Crippen LogP contribution in [0, 0.1) is 12.8 Å². The number of hydrogen-bond donors (Lipinski definition) is 2. The molecule has 2 amide bonds. The molecule has 0 aliphatic rings. The Morgan fingerprint density at radius 1 is 1.17 bits per heavy atom. The molecule has 184 valence electrons. The van der Waals surface area contributed by atoms with Crippen LogP contribution in [-0.4, -0.2) is 39.4 Å². The van der Waals surface area contributed by atoms with Gasteiger partial charge in [0.25, 0.3) is 5.91 Å². The minimum Gasteiger partial charge on any atom is -0.497 e. The predicted molar refractivity (Wildman–Crippen MR) is 139 cm³/mol. The Balaban J connectivity index is 1.74. The molecule has 3 aromatic rings. The van der Waals surface area contributed by atoms with E-state index in [2.05, 4.69) is 27.4 Å². The molecule has 3 rings (SSSR count). The average molecular weight is 494 g/mol. The number of carbonyl (C=O) groups excluding carboxylic acids is 2. The molecule has 1 aromatic heterocycles. The average Bonchev–Trinajstić information content (AvgIpc) is 3.23. The Labute approximate surface area is 210 Å². The second-order valence-corrected chi connectivity index (χ2v) is 9.31. The number of thioether (sulfide) groups is 1. The molecule has 0 aliphatic heterocycles. The van der Waals surface area contributed by atoms with E-state index in [0.717, 1.165) is 11.3 Å². The fourth-order valence-corrected chi connectivity index (χ4v) is 4.24. The van der Waals surface area contributed by atoms with Crippen molar-refractivity contribution in [2.24, 2.45) is 5.92 Å². The van der Waals surface area contributed by atoms with Crippen LogP contribution < -0.4 is 15.4 Å². The number of methoxy groups -OCH3 is 1. The molecule has 1 atom stereocenters. The topological polar surface area (TPSA) is 98.1 Å². The number of amides is 2. The fourth-order valence-electron chi connectivity index (χ4n) is 3.48. The number of aryl methyl sites for hydroxylation is 1. The van der Waals surface area contributed by atoms with Crippen molar-refractivity contribution < 1.29 is 14.3 Å². The Kier molecular flexibility index (Phi) is 9.08. The van der Waals surface area contributed by atoms with E-state index in [1.165, 1.54) is 11.8 Å². The summed E-state index contributed by atoms with van der Waals surface area (Å²) in [6.45, 7) is 10.3. The van der Waals surface area contributed by atoms with E-state index < -0.39 is 0 Å². The smallest absolute Gasteiger partial charge is 0.251 e. The van der Waals surface area contributed by atoms with Crippen LogP contribution in [0.15, 0.2) is 66.3 Å². The van der Waals surface area contributed by atoms with Crippen molar-refractivity contribution >= 4 is 29.3 Å². The molecule has 0 saturated carbocycles. The van der Waals surface area contributed by atoms with Gasteiger partial charge in [0, 0.05) is 17.8 Å². The van der Waals surface area contributed by atoms with Crippen molar-refractivity contribution in [1.29, 1.82) is 0 Å². The molecular weight excluding hydrogens is 462 g/mol. The minimum atomic E-state index is -0.382. The Hall–Kier alpha value is -3.59. The van der Waals surface area contributed by atoms with Gasteiger partial charge in [-0.2, -0.15) is 0 Å². The monoisotopic (exact) mass is 493 g/mol. The normalized spacial score (nSPS) is 11.7. The van der Waals surface area contributed by atoms with Gasteiger partial charge < -0.3 is 19.9 Å². The van der Waals surface area contributed by atoms with Gasteiger partial charge in [-0.3, -0.25) is 9.59 Å². The summed E-state index contributed by atoms with van der Waals surface area (Å²) in [7, 11) is 1.58. The first-order valence-corrected chi connectivity index (χ1v) is 12.3. The van der Waals surface area contributed by atoms with Gasteiger partial charge in [-0.25, -0.2) is 0 Å². The summed E-state index contributed by atoms with van der Waals surface area (Å²) in [5, 5.41) is 15.3. The van der Waals surface area contributed by atoms with Crippen LogP contribution in [0.5, 0.6) is 5.75 Å². The number of carbonyl (C=O) groups is 2. The van der Waals surface area contributed by atoms with Crippen LogP contribution in [0.1, 0.15) is 41.6 Å². The minimum absolute atomic E-state index is 0.0485.